The minimum absolute atomic E-state index is 0.459. The van der Waals surface area contributed by atoms with Crippen LogP contribution < -0.4 is 10.2 Å². The molecule has 4 heteroatoms. The molecule has 4 nitrogen and oxygen atoms in total. The van der Waals surface area contributed by atoms with Gasteiger partial charge in [-0.3, -0.25) is 0 Å². The summed E-state index contributed by atoms with van der Waals surface area (Å²) in [6.45, 7) is 12.4. The number of hydrogen-bond acceptors (Lipinski definition) is 4. The van der Waals surface area contributed by atoms with Gasteiger partial charge >= 0.3 is 0 Å². The molecular weight excluding hydrogens is 212 g/mol. The second-order valence-electron chi connectivity index (χ2n) is 4.76. The summed E-state index contributed by atoms with van der Waals surface area (Å²) in [6, 6.07) is 0. The quantitative estimate of drug-likeness (QED) is 0.865. The van der Waals surface area contributed by atoms with Crippen molar-refractivity contribution in [2.24, 2.45) is 0 Å². The summed E-state index contributed by atoms with van der Waals surface area (Å²) in [5.74, 6) is 1.35. The summed E-state index contributed by atoms with van der Waals surface area (Å²) in [4.78, 5) is 11.7. The Morgan fingerprint density at radius 3 is 2.47 bits per heavy atom. The molecule has 0 bridgehead atoms. The van der Waals surface area contributed by atoms with Crippen LogP contribution in [-0.2, 0) is 13.1 Å². The number of anilines is 1. The maximum Gasteiger partial charge on any atom is 0.225 e. The van der Waals surface area contributed by atoms with Crippen molar-refractivity contribution in [1.29, 1.82) is 0 Å². The Balaban J connectivity index is 2.46. The van der Waals surface area contributed by atoms with Crippen molar-refractivity contribution in [3.8, 4) is 0 Å². The van der Waals surface area contributed by atoms with Crippen LogP contribution in [0.15, 0.2) is 0 Å². The Bertz CT molecular complexity index is 397. The molecule has 0 aliphatic carbocycles. The van der Waals surface area contributed by atoms with Crippen molar-refractivity contribution >= 4 is 5.95 Å². The Kier molecular flexibility index (Phi) is 3.62. The van der Waals surface area contributed by atoms with Crippen LogP contribution in [0.3, 0.4) is 0 Å². The number of aromatic nitrogens is 2. The lowest BCUT2D eigenvalue weighted by Gasteiger charge is -2.21. The molecule has 2 heterocycles. The molecule has 1 aromatic heterocycles. The second-order valence-corrected chi connectivity index (χ2v) is 4.76. The van der Waals surface area contributed by atoms with Gasteiger partial charge in [-0.25, -0.2) is 9.97 Å². The molecule has 1 aromatic rings. The maximum atomic E-state index is 4.76. The van der Waals surface area contributed by atoms with Crippen molar-refractivity contribution in [1.82, 2.24) is 15.3 Å². The Hall–Kier alpha value is -1.16. The fraction of sp³-hybridized carbons (Fsp3) is 0.692. The van der Waals surface area contributed by atoms with Crippen LogP contribution in [0.5, 0.6) is 0 Å². The number of rotatable bonds is 4. The van der Waals surface area contributed by atoms with E-state index in [0.29, 0.717) is 5.92 Å². The zero-order valence-electron chi connectivity index (χ0n) is 11.2. The van der Waals surface area contributed by atoms with E-state index in [-0.39, 0.29) is 0 Å². The molecule has 2 rings (SSSR count). The molecule has 0 unspecified atom stereocenters. The van der Waals surface area contributed by atoms with Crippen LogP contribution in [-0.4, -0.2) is 23.1 Å². The van der Waals surface area contributed by atoms with E-state index >= 15 is 0 Å². The summed E-state index contributed by atoms with van der Waals surface area (Å²) < 4.78 is 0. The van der Waals surface area contributed by atoms with Gasteiger partial charge < -0.3 is 10.2 Å². The average Bonchev–Trinajstić information content (AvgIpc) is 2.77. The lowest BCUT2D eigenvalue weighted by atomic mass is 10.0. The van der Waals surface area contributed by atoms with Crippen LogP contribution in [0.25, 0.3) is 0 Å². The van der Waals surface area contributed by atoms with E-state index in [1.807, 2.05) is 0 Å². The van der Waals surface area contributed by atoms with Gasteiger partial charge in [-0.2, -0.15) is 0 Å². The molecule has 0 saturated heterocycles. The SMILES string of the molecule is CCN(CC)c1nc2c(c(C(C)C)n1)CNC2. The van der Waals surface area contributed by atoms with Crippen LogP contribution in [0.1, 0.15) is 50.6 Å². The Morgan fingerprint density at radius 2 is 1.88 bits per heavy atom. The lowest BCUT2D eigenvalue weighted by Crippen LogP contribution is -2.25. The third-order valence-corrected chi connectivity index (χ3v) is 3.30. The molecule has 94 valence electrons. The lowest BCUT2D eigenvalue weighted by molar-refractivity contribution is 0.745. The largest absolute Gasteiger partial charge is 0.341 e. The maximum absolute atomic E-state index is 4.76. The summed E-state index contributed by atoms with van der Waals surface area (Å²) >= 11 is 0. The standard InChI is InChI=1S/C13H22N4/c1-5-17(6-2)13-15-11-8-14-7-10(11)12(16-13)9(3)4/h9,14H,5-8H2,1-4H3. The molecule has 0 fully saturated rings. The predicted octanol–water partition coefficient (Wildman–Crippen LogP) is 2.05. The van der Waals surface area contributed by atoms with E-state index in [9.17, 15) is 0 Å². The second kappa shape index (κ2) is 5.00. The minimum Gasteiger partial charge on any atom is -0.341 e. The third kappa shape index (κ3) is 2.27. The van der Waals surface area contributed by atoms with Gasteiger partial charge in [-0.1, -0.05) is 13.8 Å². The first-order chi connectivity index (χ1) is 8.17. The van der Waals surface area contributed by atoms with Gasteiger partial charge in [0.2, 0.25) is 5.95 Å². The molecule has 0 radical (unpaired) electrons. The Morgan fingerprint density at radius 1 is 1.18 bits per heavy atom. The molecule has 1 aliphatic heterocycles. The number of hydrogen-bond donors (Lipinski definition) is 1. The van der Waals surface area contributed by atoms with Crippen LogP contribution in [0.2, 0.25) is 0 Å². The van der Waals surface area contributed by atoms with Crippen molar-refractivity contribution in [2.45, 2.75) is 46.7 Å². The van der Waals surface area contributed by atoms with E-state index in [2.05, 4.69) is 37.9 Å². The summed E-state index contributed by atoms with van der Waals surface area (Å²) in [6.07, 6.45) is 0. The van der Waals surface area contributed by atoms with E-state index < -0.39 is 0 Å². The smallest absolute Gasteiger partial charge is 0.225 e. The van der Waals surface area contributed by atoms with Crippen molar-refractivity contribution in [3.63, 3.8) is 0 Å². The number of fused-ring (bicyclic) bond motifs is 1. The van der Waals surface area contributed by atoms with Gasteiger partial charge in [0.05, 0.1) is 11.4 Å². The van der Waals surface area contributed by atoms with Crippen LogP contribution in [0.4, 0.5) is 5.95 Å². The first kappa shape index (κ1) is 12.3. The van der Waals surface area contributed by atoms with E-state index in [1.54, 1.807) is 0 Å². The van der Waals surface area contributed by atoms with Crippen molar-refractivity contribution < 1.29 is 0 Å². The highest BCUT2D eigenvalue weighted by Gasteiger charge is 2.21. The highest BCUT2D eigenvalue weighted by molar-refractivity contribution is 5.39. The van der Waals surface area contributed by atoms with Gasteiger partial charge in [-0.15, -0.1) is 0 Å². The number of nitrogens with one attached hydrogen (secondary N) is 1. The number of nitrogens with zero attached hydrogens (tertiary/aromatic N) is 3. The fourth-order valence-corrected chi connectivity index (χ4v) is 2.31. The summed E-state index contributed by atoms with van der Waals surface area (Å²) in [5, 5.41) is 3.36. The first-order valence-electron chi connectivity index (χ1n) is 6.52. The predicted molar refractivity (Wildman–Crippen MR) is 70.2 cm³/mol. The Labute approximate surface area is 103 Å². The highest BCUT2D eigenvalue weighted by atomic mass is 15.2. The third-order valence-electron chi connectivity index (χ3n) is 3.30. The van der Waals surface area contributed by atoms with E-state index in [0.717, 1.165) is 32.1 Å². The normalized spacial score (nSPS) is 14.2. The molecule has 17 heavy (non-hydrogen) atoms. The summed E-state index contributed by atoms with van der Waals surface area (Å²) in [5.41, 5.74) is 3.71. The highest BCUT2D eigenvalue weighted by Crippen LogP contribution is 2.25. The van der Waals surface area contributed by atoms with Crippen molar-refractivity contribution in [2.75, 3.05) is 18.0 Å². The van der Waals surface area contributed by atoms with Crippen LogP contribution in [0, 0.1) is 0 Å². The zero-order valence-corrected chi connectivity index (χ0v) is 11.2. The molecule has 1 N–H and O–H groups in total. The van der Waals surface area contributed by atoms with Gasteiger partial charge in [0.1, 0.15) is 0 Å². The zero-order chi connectivity index (χ0) is 12.4. The molecule has 0 aromatic carbocycles. The minimum atomic E-state index is 0.459. The van der Waals surface area contributed by atoms with Gasteiger partial charge in [0, 0.05) is 31.7 Å². The molecule has 0 saturated carbocycles. The fourth-order valence-electron chi connectivity index (χ4n) is 2.31. The van der Waals surface area contributed by atoms with Gasteiger partial charge in [0.15, 0.2) is 0 Å². The molecule has 0 amide bonds. The van der Waals surface area contributed by atoms with Crippen molar-refractivity contribution in [3.05, 3.63) is 17.0 Å². The molecule has 0 atom stereocenters. The first-order valence-corrected chi connectivity index (χ1v) is 6.52. The van der Waals surface area contributed by atoms with Gasteiger partial charge in [-0.05, 0) is 19.8 Å². The molecular formula is C13H22N4. The molecule has 1 aliphatic rings. The topological polar surface area (TPSA) is 41.1 Å². The van der Waals surface area contributed by atoms with Crippen LogP contribution >= 0.6 is 0 Å². The van der Waals surface area contributed by atoms with E-state index in [4.69, 9.17) is 9.97 Å². The summed E-state index contributed by atoms with van der Waals surface area (Å²) in [7, 11) is 0. The average molecular weight is 234 g/mol. The van der Waals surface area contributed by atoms with Gasteiger partial charge in [0.25, 0.3) is 0 Å². The van der Waals surface area contributed by atoms with E-state index in [1.165, 1.54) is 17.0 Å². The monoisotopic (exact) mass is 234 g/mol. The molecule has 0 spiro atoms.